The second-order valence-electron chi connectivity index (χ2n) is 8.42. The van der Waals surface area contributed by atoms with E-state index in [0.717, 1.165) is 17.7 Å². The van der Waals surface area contributed by atoms with Gasteiger partial charge in [-0.25, -0.2) is 0 Å². The van der Waals surface area contributed by atoms with Gasteiger partial charge in [0.05, 0.1) is 11.7 Å². The minimum absolute atomic E-state index is 0.0982. The second-order valence-corrected chi connectivity index (χ2v) is 8.42. The first kappa shape index (κ1) is 20.8. The average molecular weight is 437 g/mol. The average Bonchev–Trinajstić information content (AvgIpc) is 3.65. The molecule has 3 N–H and O–H groups in total. The molecule has 2 aromatic heterocycles. The number of amides is 1. The van der Waals surface area contributed by atoms with Crippen LogP contribution in [0.3, 0.4) is 0 Å². The van der Waals surface area contributed by atoms with Crippen LogP contribution in [0, 0.1) is 17.2 Å². The lowest BCUT2D eigenvalue weighted by molar-refractivity contribution is -0.118. The number of aromatic hydroxyl groups is 1. The number of pyridine rings is 2. The molecule has 0 aliphatic heterocycles. The molecule has 0 bridgehead atoms. The molecular weight excluding hydrogens is 412 g/mol. The first-order chi connectivity index (χ1) is 16.1. The van der Waals surface area contributed by atoms with E-state index in [4.69, 9.17) is 5.41 Å². The van der Waals surface area contributed by atoms with Crippen LogP contribution in [-0.4, -0.2) is 26.7 Å². The van der Waals surface area contributed by atoms with Crippen LogP contribution in [0.1, 0.15) is 35.7 Å². The SMILES string of the molecule is N=C(CC(NC(=O)C1=CC=C(c2ccccn2)C2CC12)c1ccccc1O)c1cccnc1. The number of aromatic nitrogens is 2. The van der Waals surface area contributed by atoms with Gasteiger partial charge < -0.3 is 15.8 Å². The van der Waals surface area contributed by atoms with E-state index in [1.807, 2.05) is 42.5 Å². The number of phenols is 1. The maximum Gasteiger partial charge on any atom is 0.248 e. The molecule has 164 valence electrons. The van der Waals surface area contributed by atoms with Gasteiger partial charge in [-0.1, -0.05) is 42.5 Å². The van der Waals surface area contributed by atoms with E-state index in [1.54, 1.807) is 42.9 Å². The fourth-order valence-corrected chi connectivity index (χ4v) is 4.49. The minimum Gasteiger partial charge on any atom is -0.508 e. The molecule has 3 atom stereocenters. The fraction of sp³-hybridized carbons (Fsp3) is 0.185. The van der Waals surface area contributed by atoms with Crippen molar-refractivity contribution in [2.45, 2.75) is 18.9 Å². The van der Waals surface area contributed by atoms with Gasteiger partial charge in [0.2, 0.25) is 5.91 Å². The van der Waals surface area contributed by atoms with Gasteiger partial charge in [0.1, 0.15) is 5.75 Å². The van der Waals surface area contributed by atoms with Gasteiger partial charge in [-0.2, -0.15) is 0 Å². The smallest absolute Gasteiger partial charge is 0.248 e. The van der Waals surface area contributed by atoms with E-state index in [2.05, 4.69) is 15.3 Å². The lowest BCUT2D eigenvalue weighted by Gasteiger charge is -2.22. The zero-order valence-corrected chi connectivity index (χ0v) is 18.0. The Balaban J connectivity index is 1.39. The Morgan fingerprint density at radius 3 is 2.67 bits per heavy atom. The zero-order chi connectivity index (χ0) is 22.8. The van der Waals surface area contributed by atoms with Gasteiger partial charge in [0.25, 0.3) is 0 Å². The molecule has 1 aromatic carbocycles. The van der Waals surface area contributed by atoms with Gasteiger partial charge in [-0.15, -0.1) is 0 Å². The van der Waals surface area contributed by atoms with Gasteiger partial charge in [-0.05, 0) is 48.1 Å². The predicted octanol–water partition coefficient (Wildman–Crippen LogP) is 4.46. The zero-order valence-electron chi connectivity index (χ0n) is 18.0. The highest BCUT2D eigenvalue weighted by molar-refractivity contribution is 6.00. The highest BCUT2D eigenvalue weighted by Gasteiger charge is 2.46. The molecule has 2 heterocycles. The number of rotatable bonds is 7. The van der Waals surface area contributed by atoms with Crippen molar-refractivity contribution in [2.75, 3.05) is 0 Å². The summed E-state index contributed by atoms with van der Waals surface area (Å²) in [6.07, 6.45) is 10.1. The van der Waals surface area contributed by atoms with Crippen LogP contribution in [0.5, 0.6) is 5.75 Å². The number of para-hydroxylation sites is 1. The Bertz CT molecular complexity index is 1250. The fourth-order valence-electron chi connectivity index (χ4n) is 4.49. The first-order valence-electron chi connectivity index (χ1n) is 11.0. The van der Waals surface area contributed by atoms with E-state index in [-0.39, 0.29) is 24.0 Å². The topological polar surface area (TPSA) is 99.0 Å². The van der Waals surface area contributed by atoms with Gasteiger partial charge >= 0.3 is 0 Å². The summed E-state index contributed by atoms with van der Waals surface area (Å²) in [6.45, 7) is 0. The van der Waals surface area contributed by atoms with Crippen molar-refractivity contribution in [1.82, 2.24) is 15.3 Å². The third-order valence-corrected chi connectivity index (χ3v) is 6.29. The van der Waals surface area contributed by atoms with Crippen LogP contribution in [0.25, 0.3) is 5.57 Å². The molecule has 0 saturated heterocycles. The maximum absolute atomic E-state index is 13.3. The van der Waals surface area contributed by atoms with E-state index in [1.165, 1.54) is 5.57 Å². The summed E-state index contributed by atoms with van der Waals surface area (Å²) in [5.74, 6) is 0.421. The molecule has 3 unspecified atom stereocenters. The molecule has 0 radical (unpaired) electrons. The predicted molar refractivity (Wildman–Crippen MR) is 127 cm³/mol. The Morgan fingerprint density at radius 1 is 1.06 bits per heavy atom. The van der Waals surface area contributed by atoms with Gasteiger partial charge in [0.15, 0.2) is 0 Å². The van der Waals surface area contributed by atoms with Crippen LogP contribution < -0.4 is 5.32 Å². The molecule has 6 heteroatoms. The number of hydrogen-bond acceptors (Lipinski definition) is 5. The number of hydrogen-bond donors (Lipinski definition) is 3. The van der Waals surface area contributed by atoms with Crippen LogP contribution in [0.4, 0.5) is 0 Å². The molecule has 6 nitrogen and oxygen atoms in total. The van der Waals surface area contributed by atoms with Crippen molar-refractivity contribution in [3.05, 3.63) is 108 Å². The number of benzene rings is 1. The third kappa shape index (κ3) is 4.32. The van der Waals surface area contributed by atoms with Crippen molar-refractivity contribution >= 4 is 17.2 Å². The van der Waals surface area contributed by atoms with Gasteiger partial charge in [0, 0.05) is 47.4 Å². The maximum atomic E-state index is 13.3. The summed E-state index contributed by atoms with van der Waals surface area (Å²) < 4.78 is 0. The number of phenolic OH excluding ortho intramolecular Hbond substituents is 1. The van der Waals surface area contributed by atoms with E-state index in [0.29, 0.717) is 22.8 Å². The Hall–Kier alpha value is -4.06. The molecule has 3 aromatic rings. The quantitative estimate of drug-likeness (QED) is 0.476. The molecule has 2 aliphatic carbocycles. The molecule has 1 saturated carbocycles. The number of allylic oxidation sites excluding steroid dienone is 3. The van der Waals surface area contributed by atoms with Crippen molar-refractivity contribution in [2.24, 2.45) is 11.8 Å². The Kier molecular flexibility index (Phi) is 5.57. The van der Waals surface area contributed by atoms with Crippen molar-refractivity contribution in [3.8, 4) is 5.75 Å². The summed E-state index contributed by atoms with van der Waals surface area (Å²) in [5.41, 5.74) is 4.50. The summed E-state index contributed by atoms with van der Waals surface area (Å²) >= 11 is 0. The lowest BCUT2D eigenvalue weighted by Crippen LogP contribution is -2.32. The van der Waals surface area contributed by atoms with E-state index >= 15 is 0 Å². The van der Waals surface area contributed by atoms with Crippen LogP contribution in [0.2, 0.25) is 0 Å². The summed E-state index contributed by atoms with van der Waals surface area (Å²) in [5, 5.41) is 22.1. The first-order valence-corrected chi connectivity index (χ1v) is 11.0. The summed E-state index contributed by atoms with van der Waals surface area (Å²) in [6, 6.07) is 15.9. The molecule has 2 aliphatic rings. The molecule has 1 amide bonds. The number of nitrogens with zero attached hydrogens (tertiary/aromatic N) is 2. The second kappa shape index (κ2) is 8.82. The Morgan fingerprint density at radius 2 is 1.91 bits per heavy atom. The number of fused-ring (bicyclic) bond motifs is 1. The minimum atomic E-state index is -0.536. The molecule has 0 spiro atoms. The van der Waals surface area contributed by atoms with Crippen LogP contribution in [0.15, 0.2) is 90.9 Å². The molecule has 5 rings (SSSR count). The standard InChI is InChI=1S/C27H24N4O2/c28-23(17-6-5-12-29-16-17)15-25(20-7-1-2-9-26(20)32)31-27(33)19-11-10-18(21-14-22(19)21)24-8-3-4-13-30-24/h1-13,16,21-22,25,28,32H,14-15H2,(H,31,33). The normalized spacial score (nSPS) is 19.5. The largest absolute Gasteiger partial charge is 0.508 e. The molecule has 33 heavy (non-hydrogen) atoms. The molecule has 1 fully saturated rings. The number of carbonyl (C=O) groups excluding carboxylic acids is 1. The number of carbonyl (C=O) groups is 1. The highest BCUT2D eigenvalue weighted by atomic mass is 16.3. The van der Waals surface area contributed by atoms with E-state index < -0.39 is 6.04 Å². The number of nitrogens with one attached hydrogen (secondary N) is 2. The van der Waals surface area contributed by atoms with E-state index in [9.17, 15) is 9.90 Å². The molecular formula is C27H24N4O2. The highest BCUT2D eigenvalue weighted by Crippen LogP contribution is 2.54. The van der Waals surface area contributed by atoms with Crippen molar-refractivity contribution < 1.29 is 9.90 Å². The van der Waals surface area contributed by atoms with Crippen LogP contribution in [-0.2, 0) is 4.79 Å². The van der Waals surface area contributed by atoms with Crippen molar-refractivity contribution in [1.29, 1.82) is 5.41 Å². The lowest BCUT2D eigenvalue weighted by atomic mass is 9.94. The van der Waals surface area contributed by atoms with Crippen LogP contribution >= 0.6 is 0 Å². The third-order valence-electron chi connectivity index (χ3n) is 6.29. The van der Waals surface area contributed by atoms with Gasteiger partial charge in [-0.3, -0.25) is 14.8 Å². The Labute approximate surface area is 192 Å². The van der Waals surface area contributed by atoms with Crippen molar-refractivity contribution in [3.63, 3.8) is 0 Å². The summed E-state index contributed by atoms with van der Waals surface area (Å²) in [7, 11) is 0. The summed E-state index contributed by atoms with van der Waals surface area (Å²) in [4.78, 5) is 21.8. The monoisotopic (exact) mass is 436 g/mol.